The van der Waals surface area contributed by atoms with Gasteiger partial charge in [0.1, 0.15) is 0 Å². The monoisotopic (exact) mass is 193 g/mol. The van der Waals surface area contributed by atoms with Crippen molar-refractivity contribution in [2.75, 3.05) is 13.2 Å². The molecular weight excluding hydrogens is 178 g/mol. The van der Waals surface area contributed by atoms with Gasteiger partial charge in [0.15, 0.2) is 5.79 Å². The van der Waals surface area contributed by atoms with Gasteiger partial charge in [-0.2, -0.15) is 0 Å². The maximum atomic E-state index is 5.63. The molecule has 3 nitrogen and oxygen atoms in total. The molecule has 14 heavy (non-hydrogen) atoms. The number of ether oxygens (including phenoxy) is 2. The van der Waals surface area contributed by atoms with Gasteiger partial charge in [0.25, 0.3) is 0 Å². The van der Waals surface area contributed by atoms with Gasteiger partial charge in [-0.1, -0.05) is 6.07 Å². The Morgan fingerprint density at radius 2 is 2.00 bits per heavy atom. The number of aromatic nitrogens is 1. The van der Waals surface area contributed by atoms with E-state index in [1.54, 1.807) is 0 Å². The van der Waals surface area contributed by atoms with Gasteiger partial charge in [-0.25, -0.2) is 0 Å². The first-order valence-electron chi connectivity index (χ1n) is 4.92. The normalized spacial score (nSPS) is 20.7. The highest BCUT2D eigenvalue weighted by Gasteiger charge is 2.31. The van der Waals surface area contributed by atoms with Crippen LogP contribution in [0.15, 0.2) is 18.3 Å². The number of hydrogen-bond acceptors (Lipinski definition) is 3. The van der Waals surface area contributed by atoms with E-state index < -0.39 is 5.79 Å². The average molecular weight is 193 g/mol. The largest absolute Gasteiger partial charge is 0.346 e. The van der Waals surface area contributed by atoms with E-state index >= 15 is 0 Å². The van der Waals surface area contributed by atoms with E-state index in [2.05, 4.69) is 4.98 Å². The second-order valence-corrected chi connectivity index (χ2v) is 3.68. The molecule has 0 radical (unpaired) electrons. The van der Waals surface area contributed by atoms with Crippen molar-refractivity contribution < 1.29 is 9.47 Å². The van der Waals surface area contributed by atoms with Crippen LogP contribution in [0.4, 0.5) is 0 Å². The van der Waals surface area contributed by atoms with Crippen LogP contribution in [0.2, 0.25) is 0 Å². The molecule has 2 heterocycles. The molecule has 0 unspecified atom stereocenters. The van der Waals surface area contributed by atoms with Crippen molar-refractivity contribution in [3.63, 3.8) is 0 Å². The molecule has 1 aromatic heterocycles. The molecule has 0 saturated carbocycles. The predicted molar refractivity (Wildman–Crippen MR) is 52.8 cm³/mol. The summed E-state index contributed by atoms with van der Waals surface area (Å²) >= 11 is 0. The summed E-state index contributed by atoms with van der Waals surface area (Å²) in [6.45, 7) is 5.42. The minimum atomic E-state index is -0.598. The van der Waals surface area contributed by atoms with E-state index in [9.17, 15) is 0 Å². The molecule has 0 bridgehead atoms. The Morgan fingerprint density at radius 3 is 2.57 bits per heavy atom. The molecule has 0 aromatic carbocycles. The first-order chi connectivity index (χ1) is 6.71. The molecule has 0 spiro atoms. The third kappa shape index (κ3) is 1.79. The first kappa shape index (κ1) is 9.62. The Bertz CT molecular complexity index is 302. The summed E-state index contributed by atoms with van der Waals surface area (Å²) in [6, 6.07) is 3.98. The van der Waals surface area contributed by atoms with Crippen LogP contribution < -0.4 is 0 Å². The maximum absolute atomic E-state index is 5.63. The smallest absolute Gasteiger partial charge is 0.193 e. The number of hydrogen-bond donors (Lipinski definition) is 0. The maximum Gasteiger partial charge on any atom is 0.193 e. The van der Waals surface area contributed by atoms with E-state index in [1.807, 2.05) is 32.2 Å². The summed E-state index contributed by atoms with van der Waals surface area (Å²) < 4.78 is 11.3. The topological polar surface area (TPSA) is 31.4 Å². The molecule has 0 amide bonds. The molecular formula is C11H15NO2. The van der Waals surface area contributed by atoms with Gasteiger partial charge >= 0.3 is 0 Å². The molecule has 0 aliphatic carbocycles. The van der Waals surface area contributed by atoms with Crippen molar-refractivity contribution in [3.8, 4) is 0 Å². The van der Waals surface area contributed by atoms with Crippen molar-refractivity contribution in [3.05, 3.63) is 29.6 Å². The lowest BCUT2D eigenvalue weighted by molar-refractivity contribution is -0.265. The Hall–Kier alpha value is -0.930. The number of nitrogens with zero attached hydrogens (tertiary/aromatic N) is 1. The highest BCUT2D eigenvalue weighted by atomic mass is 16.7. The highest BCUT2D eigenvalue weighted by molar-refractivity contribution is 5.18. The van der Waals surface area contributed by atoms with Gasteiger partial charge < -0.3 is 9.47 Å². The fourth-order valence-electron chi connectivity index (χ4n) is 1.54. The minimum Gasteiger partial charge on any atom is -0.346 e. The summed E-state index contributed by atoms with van der Waals surface area (Å²) in [7, 11) is 0. The van der Waals surface area contributed by atoms with Gasteiger partial charge in [0, 0.05) is 17.5 Å². The standard InChI is InChI=1S/C11H15NO2/c1-9-4-5-10(8-12-9)11(2)13-6-3-7-14-11/h4-5,8H,3,6-7H2,1-2H3. The van der Waals surface area contributed by atoms with Gasteiger partial charge in [-0.05, 0) is 26.3 Å². The second-order valence-electron chi connectivity index (χ2n) is 3.68. The van der Waals surface area contributed by atoms with E-state index in [-0.39, 0.29) is 0 Å². The molecule has 2 rings (SSSR count). The Morgan fingerprint density at radius 1 is 1.29 bits per heavy atom. The Balaban J connectivity index is 2.23. The fourth-order valence-corrected chi connectivity index (χ4v) is 1.54. The van der Waals surface area contributed by atoms with Crippen molar-refractivity contribution in [2.45, 2.75) is 26.1 Å². The second kappa shape index (κ2) is 3.67. The Kier molecular flexibility index (Phi) is 2.52. The lowest BCUT2D eigenvalue weighted by atomic mass is 10.1. The van der Waals surface area contributed by atoms with Crippen molar-refractivity contribution in [1.82, 2.24) is 4.98 Å². The molecule has 0 atom stereocenters. The van der Waals surface area contributed by atoms with E-state index in [0.29, 0.717) is 0 Å². The lowest BCUT2D eigenvalue weighted by Gasteiger charge is -2.33. The van der Waals surface area contributed by atoms with E-state index in [0.717, 1.165) is 30.9 Å². The van der Waals surface area contributed by atoms with E-state index in [4.69, 9.17) is 9.47 Å². The van der Waals surface area contributed by atoms with Crippen LogP contribution in [0.5, 0.6) is 0 Å². The fraction of sp³-hybridized carbons (Fsp3) is 0.545. The van der Waals surface area contributed by atoms with Crippen LogP contribution in [0, 0.1) is 6.92 Å². The van der Waals surface area contributed by atoms with Crippen LogP contribution in [-0.4, -0.2) is 18.2 Å². The van der Waals surface area contributed by atoms with E-state index in [1.165, 1.54) is 0 Å². The summed E-state index contributed by atoms with van der Waals surface area (Å²) in [5.41, 5.74) is 2.00. The zero-order valence-electron chi connectivity index (χ0n) is 8.62. The van der Waals surface area contributed by atoms with Crippen molar-refractivity contribution in [1.29, 1.82) is 0 Å². The zero-order chi connectivity index (χ0) is 10.0. The molecule has 1 fully saturated rings. The molecule has 1 aliphatic heterocycles. The lowest BCUT2D eigenvalue weighted by Crippen LogP contribution is -2.35. The minimum absolute atomic E-state index is 0.598. The molecule has 1 aromatic rings. The summed E-state index contributed by atoms with van der Waals surface area (Å²) in [4.78, 5) is 4.24. The molecule has 1 saturated heterocycles. The Labute approximate surface area is 84.1 Å². The summed E-state index contributed by atoms with van der Waals surface area (Å²) in [5.74, 6) is -0.598. The van der Waals surface area contributed by atoms with Crippen LogP contribution in [0.25, 0.3) is 0 Å². The van der Waals surface area contributed by atoms with Gasteiger partial charge in [0.05, 0.1) is 13.2 Å². The molecule has 3 heteroatoms. The number of aryl methyl sites for hydroxylation is 1. The predicted octanol–water partition coefficient (Wildman–Crippen LogP) is 2.00. The third-order valence-corrected chi connectivity index (χ3v) is 2.48. The van der Waals surface area contributed by atoms with Crippen LogP contribution in [-0.2, 0) is 15.3 Å². The first-order valence-corrected chi connectivity index (χ1v) is 4.92. The SMILES string of the molecule is Cc1ccc(C2(C)OCCCO2)cn1. The van der Waals surface area contributed by atoms with Crippen LogP contribution in [0.3, 0.4) is 0 Å². The molecule has 0 N–H and O–H groups in total. The van der Waals surface area contributed by atoms with Gasteiger partial charge in [0.2, 0.25) is 0 Å². The van der Waals surface area contributed by atoms with Gasteiger partial charge in [-0.3, -0.25) is 4.98 Å². The van der Waals surface area contributed by atoms with Gasteiger partial charge in [-0.15, -0.1) is 0 Å². The molecule has 1 aliphatic rings. The third-order valence-electron chi connectivity index (χ3n) is 2.48. The number of rotatable bonds is 1. The van der Waals surface area contributed by atoms with Crippen molar-refractivity contribution in [2.24, 2.45) is 0 Å². The average Bonchev–Trinajstić information content (AvgIpc) is 2.19. The highest BCUT2D eigenvalue weighted by Crippen LogP contribution is 2.29. The number of pyridine rings is 1. The quantitative estimate of drug-likeness (QED) is 0.683. The van der Waals surface area contributed by atoms with Crippen LogP contribution in [0.1, 0.15) is 24.6 Å². The molecule has 76 valence electrons. The van der Waals surface area contributed by atoms with Crippen LogP contribution >= 0.6 is 0 Å². The summed E-state index contributed by atoms with van der Waals surface area (Å²) in [5, 5.41) is 0. The zero-order valence-corrected chi connectivity index (χ0v) is 8.62. The van der Waals surface area contributed by atoms with Crippen molar-refractivity contribution >= 4 is 0 Å². The summed E-state index contributed by atoms with van der Waals surface area (Å²) in [6.07, 6.45) is 2.79.